The quantitative estimate of drug-likeness (QED) is 0.680. The first-order valence-electron chi connectivity index (χ1n) is 6.34. The minimum atomic E-state index is -0.446. The van der Waals surface area contributed by atoms with Gasteiger partial charge in [-0.1, -0.05) is 0 Å². The Kier molecular flexibility index (Phi) is 3.65. The molecule has 0 amide bonds. The Morgan fingerprint density at radius 2 is 2.13 bits per heavy atom. The van der Waals surface area contributed by atoms with Crippen LogP contribution < -0.4 is 5.32 Å². The summed E-state index contributed by atoms with van der Waals surface area (Å²) in [4.78, 5) is 2.51. The highest BCUT2D eigenvalue weighted by atomic mass is 16.3. The molecule has 0 aromatic rings. The van der Waals surface area contributed by atoms with E-state index in [1.807, 2.05) is 6.92 Å². The monoisotopic (exact) mass is 212 g/mol. The number of piperidine rings is 1. The van der Waals surface area contributed by atoms with E-state index >= 15 is 0 Å². The number of likely N-dealkylation sites (tertiary alicyclic amines) is 1. The van der Waals surface area contributed by atoms with Crippen LogP contribution in [0, 0.1) is 0 Å². The lowest BCUT2D eigenvalue weighted by atomic mass is 9.92. The first-order valence-corrected chi connectivity index (χ1v) is 6.34. The Labute approximate surface area is 92.8 Å². The highest BCUT2D eigenvalue weighted by molar-refractivity contribution is 4.87. The van der Waals surface area contributed by atoms with Gasteiger partial charge in [-0.2, -0.15) is 0 Å². The van der Waals surface area contributed by atoms with Crippen LogP contribution in [0.25, 0.3) is 0 Å². The van der Waals surface area contributed by atoms with Gasteiger partial charge < -0.3 is 10.4 Å². The van der Waals surface area contributed by atoms with Gasteiger partial charge in [0.1, 0.15) is 0 Å². The lowest BCUT2D eigenvalue weighted by molar-refractivity contribution is -0.0315. The van der Waals surface area contributed by atoms with Crippen LogP contribution in [0.4, 0.5) is 0 Å². The molecule has 0 aromatic carbocycles. The molecule has 0 aliphatic carbocycles. The van der Waals surface area contributed by atoms with E-state index in [-0.39, 0.29) is 0 Å². The Hall–Kier alpha value is -0.120. The van der Waals surface area contributed by atoms with Crippen molar-refractivity contribution in [3.8, 4) is 0 Å². The van der Waals surface area contributed by atoms with E-state index in [0.29, 0.717) is 6.04 Å². The van der Waals surface area contributed by atoms with E-state index in [1.165, 1.54) is 32.4 Å². The first kappa shape index (κ1) is 11.4. The summed E-state index contributed by atoms with van der Waals surface area (Å²) in [5.74, 6) is 0. The second kappa shape index (κ2) is 4.81. The van der Waals surface area contributed by atoms with Gasteiger partial charge in [0, 0.05) is 12.6 Å². The summed E-state index contributed by atoms with van der Waals surface area (Å²) in [6.07, 6.45) is 5.94. The molecule has 15 heavy (non-hydrogen) atoms. The number of rotatable bonds is 1. The highest BCUT2D eigenvalue weighted by Crippen LogP contribution is 2.24. The zero-order valence-electron chi connectivity index (χ0n) is 9.84. The van der Waals surface area contributed by atoms with Crippen LogP contribution in [-0.4, -0.2) is 47.8 Å². The van der Waals surface area contributed by atoms with Gasteiger partial charge in [0.25, 0.3) is 0 Å². The zero-order chi connectivity index (χ0) is 10.7. The molecule has 2 aliphatic heterocycles. The van der Waals surface area contributed by atoms with E-state index in [9.17, 15) is 5.11 Å². The molecule has 0 radical (unpaired) electrons. The van der Waals surface area contributed by atoms with Crippen molar-refractivity contribution in [2.75, 3.05) is 26.2 Å². The van der Waals surface area contributed by atoms with Crippen molar-refractivity contribution in [1.82, 2.24) is 10.2 Å². The van der Waals surface area contributed by atoms with Gasteiger partial charge in [-0.05, 0) is 58.7 Å². The van der Waals surface area contributed by atoms with Crippen molar-refractivity contribution in [2.24, 2.45) is 0 Å². The highest BCUT2D eigenvalue weighted by Gasteiger charge is 2.31. The fourth-order valence-corrected chi connectivity index (χ4v) is 2.94. The maximum atomic E-state index is 10.1. The van der Waals surface area contributed by atoms with Gasteiger partial charge in [0.2, 0.25) is 0 Å². The third-order valence-corrected chi connectivity index (χ3v) is 3.77. The Morgan fingerprint density at radius 3 is 2.93 bits per heavy atom. The van der Waals surface area contributed by atoms with Gasteiger partial charge in [0.15, 0.2) is 0 Å². The summed E-state index contributed by atoms with van der Waals surface area (Å²) < 4.78 is 0. The number of β-amino-alcohol motifs (C(OH)–C–C–N with tert-alkyl or cyclic N) is 1. The molecule has 2 aliphatic rings. The number of hydrogen-bond donors (Lipinski definition) is 2. The molecule has 2 unspecified atom stereocenters. The molecule has 2 fully saturated rings. The summed E-state index contributed by atoms with van der Waals surface area (Å²) >= 11 is 0. The molecular formula is C12H24N2O. The summed E-state index contributed by atoms with van der Waals surface area (Å²) in [5.41, 5.74) is -0.446. The molecular weight excluding hydrogens is 188 g/mol. The second-order valence-electron chi connectivity index (χ2n) is 5.41. The average Bonchev–Trinajstić information content (AvgIpc) is 2.44. The van der Waals surface area contributed by atoms with Crippen molar-refractivity contribution < 1.29 is 5.11 Å². The Balaban J connectivity index is 1.90. The fourth-order valence-electron chi connectivity index (χ4n) is 2.94. The molecule has 2 N–H and O–H groups in total. The van der Waals surface area contributed by atoms with E-state index in [4.69, 9.17) is 0 Å². The molecule has 3 nitrogen and oxygen atoms in total. The lowest BCUT2D eigenvalue weighted by Crippen LogP contribution is -2.50. The number of hydrogen-bond acceptors (Lipinski definition) is 3. The summed E-state index contributed by atoms with van der Waals surface area (Å²) in [7, 11) is 0. The van der Waals surface area contributed by atoms with Crippen LogP contribution in [0.1, 0.15) is 39.0 Å². The van der Waals surface area contributed by atoms with Gasteiger partial charge in [0.05, 0.1) is 5.60 Å². The van der Waals surface area contributed by atoms with Crippen LogP contribution in [0.3, 0.4) is 0 Å². The molecule has 2 heterocycles. The van der Waals surface area contributed by atoms with Crippen molar-refractivity contribution in [1.29, 1.82) is 0 Å². The van der Waals surface area contributed by atoms with E-state index in [1.54, 1.807) is 0 Å². The largest absolute Gasteiger partial charge is 0.389 e. The Morgan fingerprint density at radius 1 is 1.27 bits per heavy atom. The van der Waals surface area contributed by atoms with Crippen molar-refractivity contribution >= 4 is 0 Å². The van der Waals surface area contributed by atoms with Crippen molar-refractivity contribution in [3.63, 3.8) is 0 Å². The molecule has 2 saturated heterocycles. The molecule has 0 spiro atoms. The third kappa shape index (κ3) is 3.16. The van der Waals surface area contributed by atoms with Crippen LogP contribution in [0.15, 0.2) is 0 Å². The third-order valence-electron chi connectivity index (χ3n) is 3.77. The number of nitrogens with one attached hydrogen (secondary N) is 1. The molecule has 88 valence electrons. The van der Waals surface area contributed by atoms with E-state index in [0.717, 1.165) is 25.9 Å². The van der Waals surface area contributed by atoms with Gasteiger partial charge in [-0.15, -0.1) is 0 Å². The molecule has 0 saturated carbocycles. The lowest BCUT2D eigenvalue weighted by Gasteiger charge is -2.41. The van der Waals surface area contributed by atoms with Crippen molar-refractivity contribution in [3.05, 3.63) is 0 Å². The summed E-state index contributed by atoms with van der Waals surface area (Å²) in [5, 5.41) is 13.5. The topological polar surface area (TPSA) is 35.5 Å². The number of nitrogens with zero attached hydrogens (tertiary/aromatic N) is 1. The van der Waals surface area contributed by atoms with E-state index in [2.05, 4.69) is 10.2 Å². The SMILES string of the molecule is CC1(O)CCCN(C2CCCNCC2)C1. The van der Waals surface area contributed by atoms with Crippen LogP contribution in [0.5, 0.6) is 0 Å². The van der Waals surface area contributed by atoms with Gasteiger partial charge in [-0.3, -0.25) is 4.90 Å². The second-order valence-corrected chi connectivity index (χ2v) is 5.41. The minimum Gasteiger partial charge on any atom is -0.389 e. The average molecular weight is 212 g/mol. The molecule has 0 aromatic heterocycles. The minimum absolute atomic E-state index is 0.446. The summed E-state index contributed by atoms with van der Waals surface area (Å²) in [6, 6.07) is 0.701. The Bertz CT molecular complexity index is 198. The van der Waals surface area contributed by atoms with Crippen LogP contribution >= 0.6 is 0 Å². The first-order chi connectivity index (χ1) is 7.17. The smallest absolute Gasteiger partial charge is 0.0746 e. The van der Waals surface area contributed by atoms with Crippen LogP contribution in [0.2, 0.25) is 0 Å². The van der Waals surface area contributed by atoms with Crippen molar-refractivity contribution in [2.45, 2.75) is 50.7 Å². The molecule has 2 rings (SSSR count). The fraction of sp³-hybridized carbons (Fsp3) is 1.00. The molecule has 0 bridgehead atoms. The van der Waals surface area contributed by atoms with Gasteiger partial charge >= 0.3 is 0 Å². The normalized spacial score (nSPS) is 40.0. The zero-order valence-corrected chi connectivity index (χ0v) is 9.84. The number of aliphatic hydroxyl groups is 1. The predicted octanol–water partition coefficient (Wildman–Crippen LogP) is 0.975. The maximum Gasteiger partial charge on any atom is 0.0746 e. The van der Waals surface area contributed by atoms with Crippen LogP contribution in [-0.2, 0) is 0 Å². The van der Waals surface area contributed by atoms with Gasteiger partial charge in [-0.25, -0.2) is 0 Å². The standard InChI is InChI=1S/C12H24N2O/c1-12(15)6-3-9-14(10-12)11-4-2-7-13-8-5-11/h11,13,15H,2-10H2,1H3. The summed E-state index contributed by atoms with van der Waals surface area (Å²) in [6.45, 7) is 6.34. The molecule has 3 heteroatoms. The maximum absolute atomic E-state index is 10.1. The molecule has 2 atom stereocenters. The van der Waals surface area contributed by atoms with E-state index < -0.39 is 5.60 Å². The predicted molar refractivity (Wildman–Crippen MR) is 61.9 cm³/mol.